The molecular formula is C21H15FN6O. The van der Waals surface area contributed by atoms with Crippen molar-refractivity contribution in [2.75, 3.05) is 0 Å². The van der Waals surface area contributed by atoms with Crippen LogP contribution in [0.1, 0.15) is 16.1 Å². The Balaban J connectivity index is 1.64. The van der Waals surface area contributed by atoms with E-state index in [1.54, 1.807) is 23.0 Å². The molecule has 0 aliphatic heterocycles. The lowest BCUT2D eigenvalue weighted by molar-refractivity contribution is 0.0949. The molecule has 7 nitrogen and oxygen atoms in total. The van der Waals surface area contributed by atoms with E-state index in [1.807, 2.05) is 30.3 Å². The summed E-state index contributed by atoms with van der Waals surface area (Å²) in [6.45, 7) is 0. The maximum absolute atomic E-state index is 13.3. The van der Waals surface area contributed by atoms with Crippen molar-refractivity contribution < 1.29 is 9.18 Å². The maximum atomic E-state index is 13.3. The van der Waals surface area contributed by atoms with Gasteiger partial charge in [-0.1, -0.05) is 18.2 Å². The van der Waals surface area contributed by atoms with Gasteiger partial charge in [0.25, 0.3) is 5.91 Å². The largest absolute Gasteiger partial charge is 0.291 e. The van der Waals surface area contributed by atoms with Gasteiger partial charge >= 0.3 is 0 Å². The Bertz CT molecular complexity index is 1140. The fourth-order valence-corrected chi connectivity index (χ4v) is 2.66. The summed E-state index contributed by atoms with van der Waals surface area (Å²) in [6, 6.07) is 15.6. The van der Waals surface area contributed by atoms with Crippen LogP contribution in [0.4, 0.5) is 4.39 Å². The van der Waals surface area contributed by atoms with Gasteiger partial charge in [0.05, 0.1) is 18.1 Å². The summed E-state index contributed by atoms with van der Waals surface area (Å²) < 4.78 is 15.0. The second-order valence-electron chi connectivity index (χ2n) is 6.01. The van der Waals surface area contributed by atoms with Gasteiger partial charge < -0.3 is 0 Å². The average molecular weight is 386 g/mol. The molecule has 0 fully saturated rings. The molecule has 142 valence electrons. The molecule has 4 aromatic rings. The van der Waals surface area contributed by atoms with Crippen LogP contribution in [0.5, 0.6) is 0 Å². The van der Waals surface area contributed by atoms with Crippen LogP contribution in [0.25, 0.3) is 16.9 Å². The standard InChI is InChI=1S/C21H15FN6O/c22-17-8-6-15(7-9-17)20-16(14-28(27-20)18-4-2-1-3-5-18)12-25-26-21(29)19-13-23-10-11-24-19/h1-14H,(H,26,29)/b25-12-. The molecule has 2 heterocycles. The zero-order valence-electron chi connectivity index (χ0n) is 15.1. The van der Waals surface area contributed by atoms with Crippen LogP contribution >= 0.6 is 0 Å². The number of hydrazone groups is 1. The molecule has 1 amide bonds. The molecule has 2 aromatic carbocycles. The van der Waals surface area contributed by atoms with Crippen LogP contribution in [0.3, 0.4) is 0 Å². The van der Waals surface area contributed by atoms with Crippen LogP contribution in [0, 0.1) is 5.82 Å². The second-order valence-corrected chi connectivity index (χ2v) is 6.01. The number of carbonyl (C=O) groups excluding carboxylic acids is 1. The quantitative estimate of drug-likeness (QED) is 0.422. The lowest BCUT2D eigenvalue weighted by atomic mass is 10.1. The molecule has 0 aliphatic rings. The molecule has 2 aromatic heterocycles. The van der Waals surface area contributed by atoms with Gasteiger partial charge in [0.1, 0.15) is 17.2 Å². The van der Waals surface area contributed by atoms with Crippen molar-refractivity contribution in [2.45, 2.75) is 0 Å². The molecule has 4 rings (SSSR count). The van der Waals surface area contributed by atoms with E-state index in [4.69, 9.17) is 0 Å². The van der Waals surface area contributed by atoms with Gasteiger partial charge in [-0.25, -0.2) is 19.5 Å². The van der Waals surface area contributed by atoms with Gasteiger partial charge in [0, 0.05) is 29.7 Å². The van der Waals surface area contributed by atoms with Gasteiger partial charge in [-0.15, -0.1) is 0 Å². The van der Waals surface area contributed by atoms with E-state index in [1.165, 1.54) is 36.9 Å². The smallest absolute Gasteiger partial charge is 0.265 e. The number of para-hydroxylation sites is 1. The summed E-state index contributed by atoms with van der Waals surface area (Å²) in [5.41, 5.74) is 5.41. The Labute approximate surface area is 165 Å². The molecule has 0 saturated heterocycles. The third-order valence-electron chi connectivity index (χ3n) is 4.05. The molecule has 1 N–H and O–H groups in total. The molecular weight excluding hydrogens is 371 g/mol. The van der Waals surface area contributed by atoms with Crippen molar-refractivity contribution in [1.82, 2.24) is 25.2 Å². The van der Waals surface area contributed by atoms with Crippen LogP contribution in [0.2, 0.25) is 0 Å². The molecule has 0 saturated carbocycles. The van der Waals surface area contributed by atoms with Crippen molar-refractivity contribution in [3.05, 3.63) is 96.5 Å². The second kappa shape index (κ2) is 8.22. The summed E-state index contributed by atoms with van der Waals surface area (Å²) in [4.78, 5) is 19.8. The first-order chi connectivity index (χ1) is 14.2. The van der Waals surface area contributed by atoms with Gasteiger partial charge in [0.2, 0.25) is 0 Å². The van der Waals surface area contributed by atoms with E-state index < -0.39 is 5.91 Å². The van der Waals surface area contributed by atoms with Crippen molar-refractivity contribution in [1.29, 1.82) is 0 Å². The Morgan fingerprint density at radius 2 is 1.86 bits per heavy atom. The minimum atomic E-state index is -0.479. The third-order valence-corrected chi connectivity index (χ3v) is 4.05. The maximum Gasteiger partial charge on any atom is 0.291 e. The highest BCUT2D eigenvalue weighted by Crippen LogP contribution is 2.23. The molecule has 0 unspecified atom stereocenters. The molecule has 29 heavy (non-hydrogen) atoms. The minimum Gasteiger partial charge on any atom is -0.265 e. The zero-order chi connectivity index (χ0) is 20.1. The number of nitrogens with one attached hydrogen (secondary N) is 1. The number of amides is 1. The summed E-state index contributed by atoms with van der Waals surface area (Å²) >= 11 is 0. The summed E-state index contributed by atoms with van der Waals surface area (Å²) in [5, 5.41) is 8.61. The van der Waals surface area contributed by atoms with E-state index in [2.05, 4.69) is 25.6 Å². The van der Waals surface area contributed by atoms with Gasteiger partial charge in [-0.05, 0) is 36.4 Å². The Hall–Kier alpha value is -4.20. The monoisotopic (exact) mass is 386 g/mol. The fraction of sp³-hybridized carbons (Fsp3) is 0. The Kier molecular flexibility index (Phi) is 5.15. The first-order valence-electron chi connectivity index (χ1n) is 8.71. The van der Waals surface area contributed by atoms with Crippen LogP contribution in [0.15, 0.2) is 84.5 Å². The van der Waals surface area contributed by atoms with E-state index in [0.717, 1.165) is 11.3 Å². The number of halogens is 1. The van der Waals surface area contributed by atoms with E-state index in [-0.39, 0.29) is 11.5 Å². The van der Waals surface area contributed by atoms with Crippen molar-refractivity contribution in [3.8, 4) is 16.9 Å². The highest BCUT2D eigenvalue weighted by molar-refractivity contribution is 5.94. The summed E-state index contributed by atoms with van der Waals surface area (Å²) in [7, 11) is 0. The van der Waals surface area contributed by atoms with E-state index in [0.29, 0.717) is 11.3 Å². The molecule has 0 radical (unpaired) electrons. The van der Waals surface area contributed by atoms with E-state index >= 15 is 0 Å². The summed E-state index contributed by atoms with van der Waals surface area (Å²) in [6.07, 6.45) is 7.52. The van der Waals surface area contributed by atoms with Crippen LogP contribution < -0.4 is 5.43 Å². The predicted molar refractivity (Wildman–Crippen MR) is 106 cm³/mol. The van der Waals surface area contributed by atoms with Gasteiger partial charge in [0.15, 0.2) is 0 Å². The molecule has 0 aliphatic carbocycles. The number of hydrogen-bond acceptors (Lipinski definition) is 5. The topological polar surface area (TPSA) is 85.1 Å². The third kappa shape index (κ3) is 4.22. The molecule has 8 heteroatoms. The lowest BCUT2D eigenvalue weighted by Crippen LogP contribution is -2.19. The van der Waals surface area contributed by atoms with Crippen molar-refractivity contribution in [2.24, 2.45) is 5.10 Å². The normalized spacial score (nSPS) is 10.9. The highest BCUT2D eigenvalue weighted by atomic mass is 19.1. The summed E-state index contributed by atoms with van der Waals surface area (Å²) in [5.74, 6) is -0.809. The van der Waals surface area contributed by atoms with Crippen LogP contribution in [-0.2, 0) is 0 Å². The SMILES string of the molecule is O=C(N/N=C\c1cn(-c2ccccc2)nc1-c1ccc(F)cc1)c1cnccn1. The highest BCUT2D eigenvalue weighted by Gasteiger charge is 2.12. The van der Waals surface area contributed by atoms with Crippen molar-refractivity contribution in [3.63, 3.8) is 0 Å². The molecule has 0 bridgehead atoms. The number of benzene rings is 2. The number of carbonyl (C=O) groups is 1. The number of aromatic nitrogens is 4. The number of rotatable bonds is 5. The fourth-order valence-electron chi connectivity index (χ4n) is 2.66. The Morgan fingerprint density at radius 3 is 2.59 bits per heavy atom. The van der Waals surface area contributed by atoms with Crippen LogP contribution in [-0.4, -0.2) is 31.9 Å². The minimum absolute atomic E-state index is 0.156. The average Bonchev–Trinajstić information content (AvgIpc) is 3.19. The zero-order valence-corrected chi connectivity index (χ0v) is 15.1. The van der Waals surface area contributed by atoms with Gasteiger partial charge in [-0.2, -0.15) is 10.2 Å². The number of nitrogens with zero attached hydrogens (tertiary/aromatic N) is 5. The van der Waals surface area contributed by atoms with Gasteiger partial charge in [-0.3, -0.25) is 9.78 Å². The first-order valence-corrected chi connectivity index (χ1v) is 8.71. The predicted octanol–water partition coefficient (Wildman–Crippen LogP) is 3.23. The Morgan fingerprint density at radius 1 is 1.07 bits per heavy atom. The molecule has 0 spiro atoms. The van der Waals surface area contributed by atoms with Crippen molar-refractivity contribution >= 4 is 12.1 Å². The molecule has 0 atom stereocenters. The lowest BCUT2D eigenvalue weighted by Gasteiger charge is -2.00. The first kappa shape index (κ1) is 18.2. The van der Waals surface area contributed by atoms with E-state index in [9.17, 15) is 9.18 Å². The number of hydrogen-bond donors (Lipinski definition) is 1.